The molecule has 122 valence electrons. The number of Topliss-reactive ketones (excluding diaryl/α,β-unsaturated/α-hetero) is 1. The monoisotopic (exact) mass is 312 g/mol. The molecule has 0 radical (unpaired) electrons. The lowest BCUT2D eigenvalue weighted by atomic mass is 10.1. The first-order valence-electron chi connectivity index (χ1n) is 8.06. The highest BCUT2D eigenvalue weighted by molar-refractivity contribution is 5.95. The normalized spacial score (nSPS) is 10.4. The van der Waals surface area contributed by atoms with Gasteiger partial charge in [0.1, 0.15) is 5.82 Å². The molecule has 0 amide bonds. The molecule has 23 heavy (non-hydrogen) atoms. The molecule has 0 aliphatic rings. The summed E-state index contributed by atoms with van der Waals surface area (Å²) in [6.07, 6.45) is 3.53. The van der Waals surface area contributed by atoms with E-state index >= 15 is 0 Å². The Hall–Kier alpha value is -2.43. The van der Waals surface area contributed by atoms with E-state index in [0.29, 0.717) is 11.5 Å². The number of hydrogen-bond donors (Lipinski definition) is 2. The van der Waals surface area contributed by atoms with Gasteiger partial charge in [-0.2, -0.15) is 4.98 Å². The molecule has 0 saturated heterocycles. The van der Waals surface area contributed by atoms with E-state index in [1.54, 1.807) is 13.0 Å². The van der Waals surface area contributed by atoms with Gasteiger partial charge in [-0.05, 0) is 32.4 Å². The van der Waals surface area contributed by atoms with Gasteiger partial charge in [0.25, 0.3) is 0 Å². The molecule has 0 bridgehead atoms. The standard InChI is InChI=1S/C18H24N4O/c1-4-5-6-10-19-17-11-13(2)20-18(22-17)21-16-9-7-8-15(12-16)14(3)23/h7-9,11-12H,4-6,10H2,1-3H3,(H2,19,20,21,22). The second kappa shape index (κ2) is 8.27. The van der Waals surface area contributed by atoms with Crippen LogP contribution in [-0.4, -0.2) is 22.3 Å². The number of nitrogens with one attached hydrogen (secondary N) is 2. The van der Waals surface area contributed by atoms with Crippen LogP contribution in [0.1, 0.15) is 49.2 Å². The number of unbranched alkanes of at least 4 members (excludes halogenated alkanes) is 2. The van der Waals surface area contributed by atoms with E-state index in [1.807, 2.05) is 31.2 Å². The van der Waals surface area contributed by atoms with E-state index in [0.717, 1.165) is 30.2 Å². The largest absolute Gasteiger partial charge is 0.370 e. The minimum Gasteiger partial charge on any atom is -0.370 e. The van der Waals surface area contributed by atoms with Crippen LogP contribution in [-0.2, 0) is 0 Å². The lowest BCUT2D eigenvalue weighted by molar-refractivity contribution is 0.101. The lowest BCUT2D eigenvalue weighted by Gasteiger charge is -2.10. The lowest BCUT2D eigenvalue weighted by Crippen LogP contribution is -2.07. The van der Waals surface area contributed by atoms with Crippen molar-refractivity contribution < 1.29 is 4.79 Å². The molecular formula is C18H24N4O. The van der Waals surface area contributed by atoms with E-state index in [1.165, 1.54) is 12.8 Å². The number of carbonyl (C=O) groups excluding carboxylic acids is 1. The summed E-state index contributed by atoms with van der Waals surface area (Å²) in [5.74, 6) is 1.39. The summed E-state index contributed by atoms with van der Waals surface area (Å²) < 4.78 is 0. The first-order chi connectivity index (χ1) is 11.1. The topological polar surface area (TPSA) is 66.9 Å². The first-order valence-corrected chi connectivity index (χ1v) is 8.06. The summed E-state index contributed by atoms with van der Waals surface area (Å²) in [6.45, 7) is 6.59. The molecule has 0 spiro atoms. The average molecular weight is 312 g/mol. The fraction of sp³-hybridized carbons (Fsp3) is 0.389. The summed E-state index contributed by atoms with van der Waals surface area (Å²) in [5.41, 5.74) is 2.36. The van der Waals surface area contributed by atoms with Crippen LogP contribution in [0.4, 0.5) is 17.5 Å². The smallest absolute Gasteiger partial charge is 0.229 e. The quantitative estimate of drug-likeness (QED) is 0.561. The van der Waals surface area contributed by atoms with Crippen molar-refractivity contribution in [3.05, 3.63) is 41.6 Å². The van der Waals surface area contributed by atoms with Gasteiger partial charge in [0, 0.05) is 29.6 Å². The number of hydrogen-bond acceptors (Lipinski definition) is 5. The van der Waals surface area contributed by atoms with Gasteiger partial charge in [-0.1, -0.05) is 31.9 Å². The SMILES string of the molecule is CCCCCNc1cc(C)nc(Nc2cccc(C(C)=O)c2)n1. The summed E-state index contributed by atoms with van der Waals surface area (Å²) in [5, 5.41) is 6.50. The summed E-state index contributed by atoms with van der Waals surface area (Å²) in [7, 11) is 0. The first kappa shape index (κ1) is 16.9. The number of ketones is 1. The minimum absolute atomic E-state index is 0.0390. The third kappa shape index (κ3) is 5.36. The maximum Gasteiger partial charge on any atom is 0.229 e. The Morgan fingerprint density at radius 1 is 1.17 bits per heavy atom. The Morgan fingerprint density at radius 3 is 2.74 bits per heavy atom. The van der Waals surface area contributed by atoms with E-state index in [4.69, 9.17) is 0 Å². The number of aryl methyl sites for hydroxylation is 1. The third-order valence-corrected chi connectivity index (χ3v) is 3.47. The zero-order valence-electron chi connectivity index (χ0n) is 14.0. The molecule has 1 heterocycles. The summed E-state index contributed by atoms with van der Waals surface area (Å²) in [4.78, 5) is 20.3. The summed E-state index contributed by atoms with van der Waals surface area (Å²) >= 11 is 0. The number of benzene rings is 1. The highest BCUT2D eigenvalue weighted by atomic mass is 16.1. The number of carbonyl (C=O) groups is 1. The van der Waals surface area contributed by atoms with Crippen molar-refractivity contribution in [1.29, 1.82) is 0 Å². The third-order valence-electron chi connectivity index (χ3n) is 3.47. The van der Waals surface area contributed by atoms with Crippen molar-refractivity contribution >= 4 is 23.2 Å². The molecule has 0 saturated carbocycles. The van der Waals surface area contributed by atoms with Crippen LogP contribution >= 0.6 is 0 Å². The number of aromatic nitrogens is 2. The number of rotatable bonds is 8. The second-order valence-electron chi connectivity index (χ2n) is 5.61. The Balaban J connectivity index is 2.09. The molecule has 1 aromatic heterocycles. The fourth-order valence-corrected chi connectivity index (χ4v) is 2.25. The number of nitrogens with zero attached hydrogens (tertiary/aromatic N) is 2. The molecule has 2 rings (SSSR count). The molecule has 1 aromatic carbocycles. The van der Waals surface area contributed by atoms with E-state index in [9.17, 15) is 4.79 Å². The maximum atomic E-state index is 11.5. The van der Waals surface area contributed by atoms with Gasteiger partial charge in [-0.15, -0.1) is 0 Å². The Labute approximate surface area is 137 Å². The van der Waals surface area contributed by atoms with Gasteiger partial charge < -0.3 is 10.6 Å². The van der Waals surface area contributed by atoms with E-state index < -0.39 is 0 Å². The van der Waals surface area contributed by atoms with Gasteiger partial charge in [-0.3, -0.25) is 4.79 Å². The van der Waals surface area contributed by atoms with Crippen molar-refractivity contribution in [2.24, 2.45) is 0 Å². The molecule has 5 nitrogen and oxygen atoms in total. The predicted molar refractivity (Wildman–Crippen MR) is 94.5 cm³/mol. The molecule has 2 aromatic rings. The maximum absolute atomic E-state index is 11.5. The zero-order chi connectivity index (χ0) is 16.7. The van der Waals surface area contributed by atoms with Crippen LogP contribution in [0.15, 0.2) is 30.3 Å². The van der Waals surface area contributed by atoms with Gasteiger partial charge >= 0.3 is 0 Å². The molecule has 0 unspecified atom stereocenters. The molecule has 5 heteroatoms. The number of anilines is 3. The van der Waals surface area contributed by atoms with Crippen LogP contribution in [0.25, 0.3) is 0 Å². The molecule has 0 atom stereocenters. The average Bonchev–Trinajstić information content (AvgIpc) is 2.51. The fourth-order valence-electron chi connectivity index (χ4n) is 2.25. The molecular weight excluding hydrogens is 288 g/mol. The second-order valence-corrected chi connectivity index (χ2v) is 5.61. The van der Waals surface area contributed by atoms with E-state index in [2.05, 4.69) is 27.5 Å². The Kier molecular flexibility index (Phi) is 6.09. The minimum atomic E-state index is 0.0390. The predicted octanol–water partition coefficient (Wildman–Crippen LogP) is 4.33. The molecule has 0 fully saturated rings. The molecule has 0 aliphatic carbocycles. The van der Waals surface area contributed by atoms with Gasteiger partial charge in [0.15, 0.2) is 5.78 Å². The van der Waals surface area contributed by atoms with Gasteiger partial charge in [0.05, 0.1) is 0 Å². The van der Waals surface area contributed by atoms with Crippen molar-refractivity contribution in [2.75, 3.05) is 17.2 Å². The highest BCUT2D eigenvalue weighted by Crippen LogP contribution is 2.17. The van der Waals surface area contributed by atoms with Crippen molar-refractivity contribution in [3.8, 4) is 0 Å². The van der Waals surface area contributed by atoms with Crippen LogP contribution < -0.4 is 10.6 Å². The molecule has 2 N–H and O–H groups in total. The van der Waals surface area contributed by atoms with E-state index in [-0.39, 0.29) is 5.78 Å². The van der Waals surface area contributed by atoms with Crippen molar-refractivity contribution in [3.63, 3.8) is 0 Å². The van der Waals surface area contributed by atoms with Crippen LogP contribution in [0, 0.1) is 6.92 Å². The van der Waals surface area contributed by atoms with Crippen molar-refractivity contribution in [2.45, 2.75) is 40.0 Å². The zero-order valence-corrected chi connectivity index (χ0v) is 14.0. The highest BCUT2D eigenvalue weighted by Gasteiger charge is 2.05. The van der Waals surface area contributed by atoms with Crippen LogP contribution in [0.3, 0.4) is 0 Å². The van der Waals surface area contributed by atoms with Crippen LogP contribution in [0.5, 0.6) is 0 Å². The summed E-state index contributed by atoms with van der Waals surface area (Å²) in [6, 6.07) is 9.28. The van der Waals surface area contributed by atoms with Crippen molar-refractivity contribution in [1.82, 2.24) is 9.97 Å². The Bertz CT molecular complexity index is 670. The molecule has 0 aliphatic heterocycles. The van der Waals surface area contributed by atoms with Gasteiger partial charge in [0.2, 0.25) is 5.95 Å². The Morgan fingerprint density at radius 2 is 2.00 bits per heavy atom. The van der Waals surface area contributed by atoms with Gasteiger partial charge in [-0.25, -0.2) is 4.98 Å². The van der Waals surface area contributed by atoms with Crippen LogP contribution in [0.2, 0.25) is 0 Å².